The van der Waals surface area contributed by atoms with Crippen LogP contribution in [0.2, 0.25) is 0 Å². The lowest BCUT2D eigenvalue weighted by Crippen LogP contribution is -2.21. The standard InChI is InChI=1S/C13H15N3O2/c1-2-9(6-14)7-15-8-10-3-4-12-11(5-10)16-13(17)18-12/h3-5,9,15H,2,7-8H2,1H3,(H,16,17). The molecule has 0 aliphatic carbocycles. The SMILES string of the molecule is CCC(C#N)CNCc1ccc2oc(=O)[nH]c2c1. The number of hydrogen-bond donors (Lipinski definition) is 2. The van der Waals surface area contributed by atoms with Crippen molar-refractivity contribution in [2.45, 2.75) is 19.9 Å². The van der Waals surface area contributed by atoms with Crippen molar-refractivity contribution in [3.05, 3.63) is 34.3 Å². The molecule has 2 aromatic rings. The molecule has 0 saturated carbocycles. The Hall–Kier alpha value is -2.06. The highest BCUT2D eigenvalue weighted by Gasteiger charge is 2.05. The summed E-state index contributed by atoms with van der Waals surface area (Å²) in [5, 5.41) is 12.1. The minimum atomic E-state index is -0.439. The summed E-state index contributed by atoms with van der Waals surface area (Å²) in [6, 6.07) is 7.79. The second-order valence-electron chi connectivity index (χ2n) is 4.21. The maximum absolute atomic E-state index is 11.0. The molecule has 0 aliphatic heterocycles. The molecule has 1 heterocycles. The van der Waals surface area contributed by atoms with Crippen molar-refractivity contribution in [3.8, 4) is 6.07 Å². The van der Waals surface area contributed by atoms with Gasteiger partial charge in [0, 0.05) is 13.1 Å². The minimum absolute atomic E-state index is 0.0439. The lowest BCUT2D eigenvalue weighted by molar-refractivity contribution is 0.552. The van der Waals surface area contributed by atoms with Gasteiger partial charge in [-0.3, -0.25) is 4.98 Å². The van der Waals surface area contributed by atoms with Crippen LogP contribution in [0.1, 0.15) is 18.9 Å². The normalized spacial score (nSPS) is 12.4. The number of nitriles is 1. The largest absolute Gasteiger partial charge is 0.417 e. The molecule has 0 amide bonds. The first kappa shape index (κ1) is 12.4. The molecule has 1 atom stereocenters. The number of aromatic amines is 1. The molecule has 1 aromatic heterocycles. The van der Waals surface area contributed by atoms with E-state index in [1.807, 2.05) is 19.1 Å². The van der Waals surface area contributed by atoms with Crippen LogP contribution in [0.4, 0.5) is 0 Å². The van der Waals surface area contributed by atoms with Gasteiger partial charge in [-0.2, -0.15) is 5.26 Å². The molecule has 0 saturated heterocycles. The molecule has 0 radical (unpaired) electrons. The van der Waals surface area contributed by atoms with E-state index in [-0.39, 0.29) is 5.92 Å². The summed E-state index contributed by atoms with van der Waals surface area (Å²) in [4.78, 5) is 13.6. The van der Waals surface area contributed by atoms with Crippen LogP contribution in [0, 0.1) is 17.2 Å². The van der Waals surface area contributed by atoms with Crippen molar-refractivity contribution < 1.29 is 4.42 Å². The molecule has 0 spiro atoms. The van der Waals surface area contributed by atoms with Gasteiger partial charge in [-0.05, 0) is 24.1 Å². The van der Waals surface area contributed by atoms with E-state index in [1.165, 1.54) is 0 Å². The maximum Gasteiger partial charge on any atom is 0.417 e. The number of nitrogens with zero attached hydrogens (tertiary/aromatic N) is 1. The van der Waals surface area contributed by atoms with Crippen molar-refractivity contribution in [1.29, 1.82) is 5.26 Å². The molecule has 2 N–H and O–H groups in total. The van der Waals surface area contributed by atoms with Gasteiger partial charge in [0.2, 0.25) is 0 Å². The van der Waals surface area contributed by atoms with E-state index in [0.717, 1.165) is 12.0 Å². The summed E-state index contributed by atoms with van der Waals surface area (Å²) in [6.45, 7) is 3.34. The molecule has 94 valence electrons. The monoisotopic (exact) mass is 245 g/mol. The van der Waals surface area contributed by atoms with Gasteiger partial charge in [0.1, 0.15) is 0 Å². The van der Waals surface area contributed by atoms with Gasteiger partial charge in [0.15, 0.2) is 5.58 Å². The van der Waals surface area contributed by atoms with E-state index < -0.39 is 5.76 Å². The molecule has 1 aromatic carbocycles. The quantitative estimate of drug-likeness (QED) is 0.841. The number of benzene rings is 1. The fourth-order valence-corrected chi connectivity index (χ4v) is 1.78. The molecule has 2 rings (SSSR count). The topological polar surface area (TPSA) is 81.8 Å². The van der Waals surface area contributed by atoms with Crippen LogP contribution in [-0.4, -0.2) is 11.5 Å². The Morgan fingerprint density at radius 1 is 1.56 bits per heavy atom. The van der Waals surface area contributed by atoms with Gasteiger partial charge >= 0.3 is 5.76 Å². The Kier molecular flexibility index (Phi) is 3.80. The van der Waals surface area contributed by atoms with E-state index in [0.29, 0.717) is 24.2 Å². The molecule has 0 bridgehead atoms. The van der Waals surface area contributed by atoms with Crippen molar-refractivity contribution in [1.82, 2.24) is 10.3 Å². The number of oxazole rings is 1. The van der Waals surface area contributed by atoms with E-state index in [9.17, 15) is 4.79 Å². The van der Waals surface area contributed by atoms with Gasteiger partial charge in [-0.25, -0.2) is 4.79 Å². The number of fused-ring (bicyclic) bond motifs is 1. The Bertz CT molecular complexity index is 621. The average Bonchev–Trinajstić information content (AvgIpc) is 2.74. The second kappa shape index (κ2) is 5.52. The third kappa shape index (κ3) is 2.79. The molecule has 0 aliphatic rings. The molecular formula is C13H15N3O2. The maximum atomic E-state index is 11.0. The lowest BCUT2D eigenvalue weighted by Gasteiger charge is -2.07. The zero-order valence-electron chi connectivity index (χ0n) is 10.2. The lowest BCUT2D eigenvalue weighted by atomic mass is 10.1. The summed E-state index contributed by atoms with van der Waals surface area (Å²) in [7, 11) is 0. The first-order valence-corrected chi connectivity index (χ1v) is 5.95. The Morgan fingerprint density at radius 3 is 3.11 bits per heavy atom. The van der Waals surface area contributed by atoms with E-state index in [1.54, 1.807) is 6.07 Å². The fourth-order valence-electron chi connectivity index (χ4n) is 1.78. The Labute approximate surface area is 104 Å². The van der Waals surface area contributed by atoms with Gasteiger partial charge in [-0.15, -0.1) is 0 Å². The van der Waals surface area contributed by atoms with Crippen molar-refractivity contribution in [2.75, 3.05) is 6.54 Å². The predicted molar refractivity (Wildman–Crippen MR) is 67.9 cm³/mol. The molecule has 1 unspecified atom stereocenters. The third-order valence-corrected chi connectivity index (χ3v) is 2.88. The van der Waals surface area contributed by atoms with Crippen molar-refractivity contribution >= 4 is 11.1 Å². The third-order valence-electron chi connectivity index (χ3n) is 2.88. The van der Waals surface area contributed by atoms with Gasteiger partial charge in [-0.1, -0.05) is 13.0 Å². The van der Waals surface area contributed by atoms with E-state index in [4.69, 9.17) is 9.68 Å². The second-order valence-corrected chi connectivity index (χ2v) is 4.21. The zero-order valence-corrected chi connectivity index (χ0v) is 10.2. The highest BCUT2D eigenvalue weighted by molar-refractivity contribution is 5.72. The summed E-state index contributed by atoms with van der Waals surface area (Å²) in [5.74, 6) is -0.395. The summed E-state index contributed by atoms with van der Waals surface area (Å²) >= 11 is 0. The highest BCUT2D eigenvalue weighted by atomic mass is 16.4. The fraction of sp³-hybridized carbons (Fsp3) is 0.385. The Morgan fingerprint density at radius 2 is 2.39 bits per heavy atom. The number of H-pyrrole nitrogens is 1. The predicted octanol–water partition coefficient (Wildman–Crippen LogP) is 1.76. The Balaban J connectivity index is 2.00. The summed E-state index contributed by atoms with van der Waals surface area (Å²) in [5.41, 5.74) is 2.31. The first-order chi connectivity index (χ1) is 8.72. The molecule has 18 heavy (non-hydrogen) atoms. The van der Waals surface area contributed by atoms with Crippen LogP contribution in [0.25, 0.3) is 11.1 Å². The van der Waals surface area contributed by atoms with Crippen LogP contribution in [-0.2, 0) is 6.54 Å². The summed E-state index contributed by atoms with van der Waals surface area (Å²) < 4.78 is 4.93. The number of rotatable bonds is 5. The van der Waals surface area contributed by atoms with Gasteiger partial charge in [0.05, 0.1) is 17.5 Å². The first-order valence-electron chi connectivity index (χ1n) is 5.95. The summed E-state index contributed by atoms with van der Waals surface area (Å²) in [6.07, 6.45) is 0.845. The van der Waals surface area contributed by atoms with Gasteiger partial charge in [0.25, 0.3) is 0 Å². The van der Waals surface area contributed by atoms with Crippen LogP contribution in [0.15, 0.2) is 27.4 Å². The molecule has 0 fully saturated rings. The van der Waals surface area contributed by atoms with Gasteiger partial charge < -0.3 is 9.73 Å². The van der Waals surface area contributed by atoms with Crippen molar-refractivity contribution in [3.63, 3.8) is 0 Å². The smallest absolute Gasteiger partial charge is 0.408 e. The van der Waals surface area contributed by atoms with Crippen LogP contribution < -0.4 is 11.1 Å². The van der Waals surface area contributed by atoms with Crippen molar-refractivity contribution in [2.24, 2.45) is 5.92 Å². The van der Waals surface area contributed by atoms with E-state index in [2.05, 4.69) is 16.4 Å². The molecule has 5 nitrogen and oxygen atoms in total. The van der Waals surface area contributed by atoms with Crippen LogP contribution in [0.3, 0.4) is 0 Å². The number of hydrogen-bond acceptors (Lipinski definition) is 4. The van der Waals surface area contributed by atoms with Crippen LogP contribution >= 0.6 is 0 Å². The number of nitrogens with one attached hydrogen (secondary N) is 2. The minimum Gasteiger partial charge on any atom is -0.408 e. The highest BCUT2D eigenvalue weighted by Crippen LogP contribution is 2.12. The van der Waals surface area contributed by atoms with E-state index >= 15 is 0 Å². The molecule has 5 heteroatoms. The zero-order chi connectivity index (χ0) is 13.0. The average molecular weight is 245 g/mol. The van der Waals surface area contributed by atoms with Crippen LogP contribution in [0.5, 0.6) is 0 Å². The molecular weight excluding hydrogens is 230 g/mol. The number of aromatic nitrogens is 1.